The van der Waals surface area contributed by atoms with Gasteiger partial charge in [0, 0.05) is 17.6 Å². The molecule has 1 unspecified atom stereocenters. The molecule has 1 aliphatic rings. The van der Waals surface area contributed by atoms with Crippen molar-refractivity contribution in [1.29, 1.82) is 0 Å². The van der Waals surface area contributed by atoms with Crippen LogP contribution in [0.15, 0.2) is 18.2 Å². The number of hydrogen-bond acceptors (Lipinski definition) is 2. The molecule has 0 saturated heterocycles. The number of nitrogens with two attached hydrogens (primary N) is 1. The molecule has 0 spiro atoms. The largest absolute Gasteiger partial charge is 0.480 e. The second-order valence-corrected chi connectivity index (χ2v) is 5.38. The first kappa shape index (κ1) is 12.2. The zero-order chi connectivity index (χ0) is 13.6. The smallest absolute Gasteiger partial charge is 0.320 e. The van der Waals surface area contributed by atoms with Gasteiger partial charge < -0.3 is 15.4 Å². The van der Waals surface area contributed by atoms with Gasteiger partial charge in [-0.3, -0.25) is 4.79 Å². The summed E-state index contributed by atoms with van der Waals surface area (Å²) < 4.78 is 2.36. The Bertz CT molecular complexity index is 658. The lowest BCUT2D eigenvalue weighted by atomic mass is 9.97. The highest BCUT2D eigenvalue weighted by molar-refractivity contribution is 5.86. The van der Waals surface area contributed by atoms with E-state index in [4.69, 9.17) is 10.8 Å². The van der Waals surface area contributed by atoms with Crippen molar-refractivity contribution in [3.05, 3.63) is 35.0 Å². The maximum atomic E-state index is 10.9. The highest BCUT2D eigenvalue weighted by Gasteiger charge is 2.18. The van der Waals surface area contributed by atoms with Gasteiger partial charge in [-0.2, -0.15) is 0 Å². The van der Waals surface area contributed by atoms with Crippen molar-refractivity contribution in [2.75, 3.05) is 0 Å². The van der Waals surface area contributed by atoms with Crippen LogP contribution in [0, 0.1) is 6.92 Å². The standard InChI is InChI=1S/C15H18N2O2/c1-9-5-12-7-10(8-13(16)15(18)19)6-11-3-2-4-17(9)14(11)12/h5-7,13H,2-4,8,16H2,1H3,(H,18,19). The number of hydrogen-bond donors (Lipinski definition) is 2. The molecule has 4 nitrogen and oxygen atoms in total. The molecular formula is C15H18N2O2. The van der Waals surface area contributed by atoms with Crippen LogP contribution in [-0.2, 0) is 24.2 Å². The molecule has 0 saturated carbocycles. The Morgan fingerprint density at radius 1 is 1.47 bits per heavy atom. The molecule has 0 radical (unpaired) electrons. The van der Waals surface area contributed by atoms with Gasteiger partial charge in [-0.25, -0.2) is 0 Å². The zero-order valence-electron chi connectivity index (χ0n) is 11.0. The lowest BCUT2D eigenvalue weighted by Crippen LogP contribution is -2.32. The zero-order valence-corrected chi connectivity index (χ0v) is 11.0. The van der Waals surface area contributed by atoms with E-state index < -0.39 is 12.0 Å². The minimum absolute atomic E-state index is 0.391. The molecule has 1 aliphatic heterocycles. The second kappa shape index (κ2) is 4.38. The van der Waals surface area contributed by atoms with Crippen LogP contribution in [-0.4, -0.2) is 21.7 Å². The number of nitrogens with zero attached hydrogens (tertiary/aromatic N) is 1. The number of rotatable bonds is 3. The van der Waals surface area contributed by atoms with Gasteiger partial charge in [0.1, 0.15) is 6.04 Å². The number of benzene rings is 1. The summed E-state index contributed by atoms with van der Waals surface area (Å²) in [6.45, 7) is 3.20. The summed E-state index contributed by atoms with van der Waals surface area (Å²) in [4.78, 5) is 10.9. The molecule has 0 amide bonds. The van der Waals surface area contributed by atoms with Crippen molar-refractivity contribution in [3.8, 4) is 0 Å². The van der Waals surface area contributed by atoms with E-state index in [-0.39, 0.29) is 0 Å². The average Bonchev–Trinajstić information content (AvgIpc) is 2.68. The molecule has 3 N–H and O–H groups in total. The monoisotopic (exact) mass is 258 g/mol. The topological polar surface area (TPSA) is 68.2 Å². The van der Waals surface area contributed by atoms with Gasteiger partial charge in [0.25, 0.3) is 0 Å². The molecule has 19 heavy (non-hydrogen) atoms. The van der Waals surface area contributed by atoms with E-state index in [1.54, 1.807) is 0 Å². The number of carbonyl (C=O) groups is 1. The van der Waals surface area contributed by atoms with Crippen molar-refractivity contribution in [1.82, 2.24) is 4.57 Å². The summed E-state index contributed by atoms with van der Waals surface area (Å²) in [6, 6.07) is 5.56. The van der Waals surface area contributed by atoms with Crippen molar-refractivity contribution < 1.29 is 9.90 Å². The number of carboxylic acid groups (broad SMARTS) is 1. The third-order valence-electron chi connectivity index (χ3n) is 3.94. The molecule has 0 aliphatic carbocycles. The fourth-order valence-electron chi connectivity index (χ4n) is 3.07. The van der Waals surface area contributed by atoms with Gasteiger partial charge in [0.2, 0.25) is 0 Å². The van der Waals surface area contributed by atoms with Crippen LogP contribution >= 0.6 is 0 Å². The van der Waals surface area contributed by atoms with E-state index in [0.717, 1.165) is 24.9 Å². The molecule has 1 aromatic carbocycles. The van der Waals surface area contributed by atoms with Gasteiger partial charge in [-0.1, -0.05) is 6.07 Å². The Hall–Kier alpha value is -1.81. The Kier molecular flexibility index (Phi) is 2.82. The van der Waals surface area contributed by atoms with Crippen LogP contribution in [0.2, 0.25) is 0 Å². The van der Waals surface area contributed by atoms with Crippen molar-refractivity contribution in [2.45, 2.75) is 38.8 Å². The molecule has 0 bridgehead atoms. The van der Waals surface area contributed by atoms with Crippen LogP contribution in [0.25, 0.3) is 10.9 Å². The maximum absolute atomic E-state index is 10.9. The molecule has 2 aromatic rings. The van der Waals surface area contributed by atoms with E-state index in [1.165, 1.54) is 22.2 Å². The van der Waals surface area contributed by atoms with Crippen molar-refractivity contribution in [3.63, 3.8) is 0 Å². The SMILES string of the molecule is Cc1cc2cc(CC(N)C(=O)O)cc3c2n1CCC3. The van der Waals surface area contributed by atoms with Crippen molar-refractivity contribution >= 4 is 16.9 Å². The van der Waals surface area contributed by atoms with E-state index in [1.807, 2.05) is 0 Å². The average molecular weight is 258 g/mol. The lowest BCUT2D eigenvalue weighted by molar-refractivity contribution is -0.138. The van der Waals surface area contributed by atoms with E-state index >= 15 is 0 Å². The lowest BCUT2D eigenvalue weighted by Gasteiger charge is -2.18. The van der Waals surface area contributed by atoms with Crippen molar-refractivity contribution in [2.24, 2.45) is 5.73 Å². The van der Waals surface area contributed by atoms with Gasteiger partial charge >= 0.3 is 5.97 Å². The van der Waals surface area contributed by atoms with E-state index in [2.05, 4.69) is 29.7 Å². The molecule has 0 fully saturated rings. The molecule has 1 aromatic heterocycles. The Balaban J connectivity index is 2.07. The third kappa shape index (κ3) is 2.02. The Labute approximate surface area is 111 Å². The minimum Gasteiger partial charge on any atom is -0.480 e. The Morgan fingerprint density at radius 2 is 2.26 bits per heavy atom. The van der Waals surface area contributed by atoms with E-state index in [9.17, 15) is 4.79 Å². The molecule has 3 rings (SSSR count). The quantitative estimate of drug-likeness (QED) is 0.882. The maximum Gasteiger partial charge on any atom is 0.320 e. The summed E-state index contributed by atoms with van der Waals surface area (Å²) in [5.41, 5.74) is 10.6. The molecule has 100 valence electrons. The summed E-state index contributed by atoms with van der Waals surface area (Å²) in [7, 11) is 0. The summed E-state index contributed by atoms with van der Waals surface area (Å²) in [5.74, 6) is -0.942. The first-order chi connectivity index (χ1) is 9.06. The first-order valence-corrected chi connectivity index (χ1v) is 6.66. The van der Waals surface area contributed by atoms with Crippen LogP contribution in [0.3, 0.4) is 0 Å². The minimum atomic E-state index is -0.942. The fraction of sp³-hybridized carbons (Fsp3) is 0.400. The highest BCUT2D eigenvalue weighted by Crippen LogP contribution is 2.30. The normalized spacial score (nSPS) is 15.7. The van der Waals surface area contributed by atoms with E-state index in [0.29, 0.717) is 6.42 Å². The predicted molar refractivity (Wildman–Crippen MR) is 74.3 cm³/mol. The van der Waals surface area contributed by atoms with Gasteiger partial charge in [0.15, 0.2) is 0 Å². The van der Waals surface area contributed by atoms with Gasteiger partial charge in [-0.15, -0.1) is 0 Å². The van der Waals surface area contributed by atoms with Crippen LogP contribution in [0.4, 0.5) is 0 Å². The summed E-state index contributed by atoms with van der Waals surface area (Å²) in [6.07, 6.45) is 2.60. The highest BCUT2D eigenvalue weighted by atomic mass is 16.4. The molecule has 2 heterocycles. The molecule has 4 heteroatoms. The summed E-state index contributed by atoms with van der Waals surface area (Å²) in [5, 5.41) is 10.1. The predicted octanol–water partition coefficient (Wildman–Crippen LogP) is 1.85. The van der Waals surface area contributed by atoms with Crippen LogP contribution in [0.5, 0.6) is 0 Å². The number of aryl methyl sites for hydroxylation is 3. The van der Waals surface area contributed by atoms with Crippen LogP contribution < -0.4 is 5.73 Å². The molecule has 1 atom stereocenters. The van der Waals surface area contributed by atoms with Gasteiger partial charge in [0.05, 0.1) is 5.52 Å². The number of aliphatic carboxylic acids is 1. The second-order valence-electron chi connectivity index (χ2n) is 5.38. The number of carboxylic acids is 1. The Morgan fingerprint density at radius 3 is 3.00 bits per heavy atom. The first-order valence-electron chi connectivity index (χ1n) is 6.66. The molecular weight excluding hydrogens is 240 g/mol. The van der Waals surface area contributed by atoms with Crippen LogP contribution in [0.1, 0.15) is 23.2 Å². The fourth-order valence-corrected chi connectivity index (χ4v) is 3.07. The number of aromatic nitrogens is 1. The third-order valence-corrected chi connectivity index (χ3v) is 3.94. The summed E-state index contributed by atoms with van der Waals surface area (Å²) >= 11 is 0. The van der Waals surface area contributed by atoms with Gasteiger partial charge in [-0.05, 0) is 49.4 Å².